The fourth-order valence-electron chi connectivity index (χ4n) is 0.804. The van der Waals surface area contributed by atoms with Crippen LogP contribution in [0.2, 0.25) is 0 Å². The van der Waals surface area contributed by atoms with E-state index >= 15 is 0 Å². The highest BCUT2D eigenvalue weighted by molar-refractivity contribution is 5.90. The van der Waals surface area contributed by atoms with Crippen molar-refractivity contribution in [3.8, 4) is 0 Å². The van der Waals surface area contributed by atoms with Crippen LogP contribution in [0.4, 0.5) is 0 Å². The van der Waals surface area contributed by atoms with Crippen LogP contribution in [-0.4, -0.2) is 36.2 Å². The smallest absolute Gasteiger partial charge is 0.331 e. The summed E-state index contributed by atoms with van der Waals surface area (Å²) in [5.74, 6) is -2.38. The second kappa shape index (κ2) is 7.47. The first-order chi connectivity index (χ1) is 8.29. The van der Waals surface area contributed by atoms with Crippen molar-refractivity contribution in [1.29, 1.82) is 0 Å². The number of carboxylic acid groups (broad SMARTS) is 1. The molecule has 0 spiro atoms. The molecule has 0 amide bonds. The van der Waals surface area contributed by atoms with Crippen LogP contribution in [-0.2, 0) is 23.9 Å². The van der Waals surface area contributed by atoms with Gasteiger partial charge in [0.2, 0.25) is 0 Å². The van der Waals surface area contributed by atoms with Gasteiger partial charge >= 0.3 is 17.9 Å². The van der Waals surface area contributed by atoms with Gasteiger partial charge in [-0.3, -0.25) is 4.79 Å². The monoisotopic (exact) mass is 258 g/mol. The molecule has 18 heavy (non-hydrogen) atoms. The molecular formula is C12H18O6. The third-order valence-corrected chi connectivity index (χ3v) is 2.36. The Morgan fingerprint density at radius 2 is 1.67 bits per heavy atom. The molecule has 0 aliphatic heterocycles. The second-order valence-electron chi connectivity index (χ2n) is 4.21. The summed E-state index contributed by atoms with van der Waals surface area (Å²) in [6, 6.07) is 0. The first-order valence-corrected chi connectivity index (χ1v) is 5.54. The van der Waals surface area contributed by atoms with Crippen molar-refractivity contribution in [3.63, 3.8) is 0 Å². The molecule has 0 aromatic rings. The van der Waals surface area contributed by atoms with Gasteiger partial charge in [0.05, 0.1) is 5.41 Å². The molecule has 102 valence electrons. The van der Waals surface area contributed by atoms with Gasteiger partial charge in [0, 0.05) is 12.2 Å². The van der Waals surface area contributed by atoms with Gasteiger partial charge in [-0.2, -0.15) is 0 Å². The molecule has 0 rings (SSSR count). The number of aliphatic carboxylic acids is 1. The van der Waals surface area contributed by atoms with E-state index in [1.165, 1.54) is 0 Å². The molecule has 0 aromatic carbocycles. The molecule has 0 unspecified atom stereocenters. The fraction of sp³-hybridized carbons (Fsp3) is 0.583. The highest BCUT2D eigenvalue weighted by Gasteiger charge is 2.26. The maximum atomic E-state index is 11.5. The van der Waals surface area contributed by atoms with Crippen LogP contribution < -0.4 is 0 Å². The quantitative estimate of drug-likeness (QED) is 0.418. The highest BCUT2D eigenvalue weighted by atomic mass is 16.6. The van der Waals surface area contributed by atoms with E-state index in [0.29, 0.717) is 12.5 Å². The number of carbonyl (C=O) groups is 3. The van der Waals surface area contributed by atoms with Crippen molar-refractivity contribution in [1.82, 2.24) is 0 Å². The standard InChI is InChI=1S/C12H18O6/c1-4-12(2,3)11(16)18-8-7-17-10(15)6-5-9(13)14/h5-6H,4,7-8H2,1-3H3,(H,13,14)/b6-5-. The van der Waals surface area contributed by atoms with E-state index < -0.39 is 17.4 Å². The van der Waals surface area contributed by atoms with Gasteiger partial charge in [-0.25, -0.2) is 9.59 Å². The van der Waals surface area contributed by atoms with Crippen LogP contribution in [0.25, 0.3) is 0 Å². The van der Waals surface area contributed by atoms with Gasteiger partial charge in [0.1, 0.15) is 13.2 Å². The SMILES string of the molecule is CCC(C)(C)C(=O)OCCOC(=O)/C=C\C(=O)O. The number of rotatable bonds is 7. The van der Waals surface area contributed by atoms with Crippen LogP contribution in [0.15, 0.2) is 12.2 Å². The topological polar surface area (TPSA) is 89.9 Å². The van der Waals surface area contributed by atoms with Crippen molar-refractivity contribution in [2.45, 2.75) is 27.2 Å². The fourth-order valence-corrected chi connectivity index (χ4v) is 0.804. The molecule has 0 saturated carbocycles. The van der Waals surface area contributed by atoms with Crippen LogP contribution in [0.5, 0.6) is 0 Å². The largest absolute Gasteiger partial charge is 0.478 e. The van der Waals surface area contributed by atoms with Crippen LogP contribution in [0, 0.1) is 5.41 Å². The van der Waals surface area contributed by atoms with Gasteiger partial charge in [0.25, 0.3) is 0 Å². The molecule has 0 atom stereocenters. The third-order valence-electron chi connectivity index (χ3n) is 2.36. The Morgan fingerprint density at radius 1 is 1.11 bits per heavy atom. The van der Waals surface area contributed by atoms with Gasteiger partial charge < -0.3 is 14.6 Å². The van der Waals surface area contributed by atoms with Crippen molar-refractivity contribution in [2.24, 2.45) is 5.41 Å². The molecule has 6 heteroatoms. The van der Waals surface area contributed by atoms with Crippen molar-refractivity contribution < 1.29 is 29.0 Å². The van der Waals surface area contributed by atoms with Crippen molar-refractivity contribution >= 4 is 17.9 Å². The van der Waals surface area contributed by atoms with Crippen LogP contribution >= 0.6 is 0 Å². The molecule has 0 fully saturated rings. The number of ether oxygens (including phenoxy) is 2. The summed E-state index contributed by atoms with van der Waals surface area (Å²) in [5, 5.41) is 8.26. The number of hydrogen-bond donors (Lipinski definition) is 1. The molecule has 0 bridgehead atoms. The Kier molecular flexibility index (Phi) is 6.70. The molecular weight excluding hydrogens is 240 g/mol. The average molecular weight is 258 g/mol. The summed E-state index contributed by atoms with van der Waals surface area (Å²) in [5.41, 5.74) is -0.562. The average Bonchev–Trinajstić information content (AvgIpc) is 2.31. The Hall–Kier alpha value is -1.85. The van der Waals surface area contributed by atoms with E-state index in [2.05, 4.69) is 4.74 Å². The molecule has 0 aliphatic rings. The lowest BCUT2D eigenvalue weighted by Gasteiger charge is -2.20. The summed E-state index contributed by atoms with van der Waals surface area (Å²) < 4.78 is 9.54. The maximum absolute atomic E-state index is 11.5. The molecule has 0 heterocycles. The number of hydrogen-bond acceptors (Lipinski definition) is 5. The minimum atomic E-state index is -1.23. The molecule has 0 saturated heterocycles. The number of carboxylic acids is 1. The van der Waals surface area contributed by atoms with Gasteiger partial charge in [-0.1, -0.05) is 6.92 Å². The molecule has 1 N–H and O–H groups in total. The third kappa shape index (κ3) is 6.67. The predicted molar refractivity (Wildman–Crippen MR) is 62.8 cm³/mol. The van der Waals surface area contributed by atoms with Crippen molar-refractivity contribution in [2.75, 3.05) is 13.2 Å². The Balaban J connectivity index is 3.84. The maximum Gasteiger partial charge on any atom is 0.331 e. The lowest BCUT2D eigenvalue weighted by Crippen LogP contribution is -2.27. The van der Waals surface area contributed by atoms with Crippen molar-refractivity contribution in [3.05, 3.63) is 12.2 Å². The second-order valence-corrected chi connectivity index (χ2v) is 4.21. The Morgan fingerprint density at radius 3 is 2.17 bits per heavy atom. The molecule has 0 radical (unpaired) electrons. The Labute approximate surface area is 106 Å². The summed E-state index contributed by atoms with van der Waals surface area (Å²) >= 11 is 0. The van der Waals surface area contributed by atoms with Gasteiger partial charge in [-0.05, 0) is 20.3 Å². The van der Waals surface area contributed by atoms with Gasteiger partial charge in [-0.15, -0.1) is 0 Å². The summed E-state index contributed by atoms with van der Waals surface area (Å²) in [6.07, 6.45) is 2.11. The van der Waals surface area contributed by atoms with Crippen LogP contribution in [0.1, 0.15) is 27.2 Å². The lowest BCUT2D eigenvalue weighted by atomic mass is 9.91. The summed E-state index contributed by atoms with van der Waals surface area (Å²) in [6.45, 7) is 5.25. The van der Waals surface area contributed by atoms with Crippen LogP contribution in [0.3, 0.4) is 0 Å². The van der Waals surface area contributed by atoms with E-state index in [4.69, 9.17) is 9.84 Å². The Bertz CT molecular complexity index is 342. The predicted octanol–water partition coefficient (Wildman–Crippen LogP) is 1.15. The molecule has 0 aromatic heterocycles. The number of esters is 2. The zero-order valence-corrected chi connectivity index (χ0v) is 10.8. The minimum Gasteiger partial charge on any atom is -0.478 e. The van der Waals surface area contributed by atoms with E-state index in [9.17, 15) is 14.4 Å². The first-order valence-electron chi connectivity index (χ1n) is 5.54. The molecule has 0 aliphatic carbocycles. The lowest BCUT2D eigenvalue weighted by molar-refractivity contribution is -0.157. The normalized spacial score (nSPS) is 11.3. The summed E-state index contributed by atoms with van der Waals surface area (Å²) in [7, 11) is 0. The zero-order chi connectivity index (χ0) is 14.2. The van der Waals surface area contributed by atoms with E-state index in [-0.39, 0.29) is 19.2 Å². The summed E-state index contributed by atoms with van der Waals surface area (Å²) in [4.78, 5) is 32.5. The van der Waals surface area contributed by atoms with E-state index in [1.54, 1.807) is 13.8 Å². The first kappa shape index (κ1) is 16.1. The number of carbonyl (C=O) groups excluding carboxylic acids is 2. The van der Waals surface area contributed by atoms with Gasteiger partial charge in [0.15, 0.2) is 0 Å². The van der Waals surface area contributed by atoms with E-state index in [0.717, 1.165) is 6.08 Å². The van der Waals surface area contributed by atoms with E-state index in [1.807, 2.05) is 6.92 Å². The highest BCUT2D eigenvalue weighted by Crippen LogP contribution is 2.21. The molecule has 6 nitrogen and oxygen atoms in total. The minimum absolute atomic E-state index is 0.0467. The zero-order valence-electron chi connectivity index (χ0n) is 10.8.